The molecule has 0 bridgehead atoms. The maximum atomic E-state index is 6.03. The first-order valence-corrected chi connectivity index (χ1v) is 12.2. The van der Waals surface area contributed by atoms with E-state index in [2.05, 4.69) is 98.5 Å². The minimum absolute atomic E-state index is 0.578. The quantitative estimate of drug-likeness (QED) is 0.253. The van der Waals surface area contributed by atoms with E-state index < -0.39 is 5.41 Å². The van der Waals surface area contributed by atoms with E-state index in [1.165, 1.54) is 16.3 Å². The Balaban J connectivity index is 1.49. The molecular weight excluding hydrogens is 460 g/mol. The van der Waals surface area contributed by atoms with Gasteiger partial charge >= 0.3 is 0 Å². The summed E-state index contributed by atoms with van der Waals surface area (Å²) in [6.45, 7) is 0. The summed E-state index contributed by atoms with van der Waals surface area (Å²) >= 11 is 0. The minimum Gasteiger partial charge on any atom is -0.461 e. The lowest BCUT2D eigenvalue weighted by Gasteiger charge is -2.44. The summed E-state index contributed by atoms with van der Waals surface area (Å²) in [5, 5.41) is 4.61. The van der Waals surface area contributed by atoms with Crippen molar-refractivity contribution < 1.29 is 8.83 Å². The maximum Gasteiger partial charge on any atom is 0.179 e. The van der Waals surface area contributed by atoms with Crippen LogP contribution in [0.15, 0.2) is 119 Å². The molecule has 6 nitrogen and oxygen atoms in total. The number of fused-ring (bicyclic) bond motifs is 11. The Kier molecular flexibility index (Phi) is 3.39. The molecule has 174 valence electrons. The lowest BCUT2D eigenvalue weighted by Crippen LogP contribution is -2.39. The fraction of sp³-hybridized carbons (Fsp3) is 0.0323. The zero-order valence-corrected chi connectivity index (χ0v) is 19.5. The Bertz CT molecular complexity index is 1990. The third-order valence-electron chi connectivity index (χ3n) is 7.89. The number of nitrogens with zero attached hydrogens (tertiary/aromatic N) is 4. The molecule has 0 saturated heterocycles. The predicted octanol–water partition coefficient (Wildman–Crippen LogP) is 7.05. The van der Waals surface area contributed by atoms with Crippen LogP contribution in [0.5, 0.6) is 0 Å². The van der Waals surface area contributed by atoms with Gasteiger partial charge in [0.1, 0.15) is 11.8 Å². The average molecular weight is 479 g/mol. The molecule has 2 aliphatic rings. The summed E-state index contributed by atoms with van der Waals surface area (Å²) in [6.07, 6.45) is 7.16. The monoisotopic (exact) mass is 478 g/mol. The fourth-order valence-corrected chi connectivity index (χ4v) is 6.47. The normalized spacial score (nSPS) is 14.6. The minimum atomic E-state index is -0.578. The van der Waals surface area contributed by atoms with Gasteiger partial charge in [0.05, 0.1) is 29.3 Å². The standard InChI is InChI=1S/C31H18N4O2/c1-2-7-20-17-27-24(16-19(20)6-1)31(22-11-14-36-28(22)29-23(31)12-15-37-29)21-8-3-4-9-25(21)35(27)34-18-33-30-26(34)10-5-13-32-30/h1-18H. The second-order valence-corrected chi connectivity index (χ2v) is 9.56. The number of furan rings is 2. The molecule has 5 heterocycles. The van der Waals surface area contributed by atoms with Gasteiger partial charge in [-0.15, -0.1) is 0 Å². The number of rotatable bonds is 1. The fourth-order valence-electron chi connectivity index (χ4n) is 6.47. The number of para-hydroxylation sites is 1. The van der Waals surface area contributed by atoms with Crippen LogP contribution in [0.4, 0.5) is 11.4 Å². The first-order valence-electron chi connectivity index (χ1n) is 12.2. The number of pyridine rings is 1. The highest BCUT2D eigenvalue weighted by atomic mass is 16.4. The molecule has 6 heteroatoms. The van der Waals surface area contributed by atoms with Gasteiger partial charge in [-0.3, -0.25) is 0 Å². The van der Waals surface area contributed by atoms with Crippen LogP contribution >= 0.6 is 0 Å². The summed E-state index contributed by atoms with van der Waals surface area (Å²) < 4.78 is 14.2. The van der Waals surface area contributed by atoms with Crippen molar-refractivity contribution in [2.45, 2.75) is 5.41 Å². The first-order chi connectivity index (χ1) is 18.4. The van der Waals surface area contributed by atoms with Gasteiger partial charge in [-0.1, -0.05) is 42.5 Å². The third kappa shape index (κ3) is 2.18. The summed E-state index contributed by atoms with van der Waals surface area (Å²) in [5.41, 5.74) is 7.72. The van der Waals surface area contributed by atoms with Gasteiger partial charge in [-0.05, 0) is 64.4 Å². The molecule has 0 unspecified atom stereocenters. The number of aromatic nitrogens is 3. The molecule has 37 heavy (non-hydrogen) atoms. The first kappa shape index (κ1) is 19.1. The van der Waals surface area contributed by atoms with Crippen LogP contribution in [0.1, 0.15) is 22.3 Å². The molecule has 0 amide bonds. The molecule has 0 fully saturated rings. The van der Waals surface area contributed by atoms with E-state index in [1.54, 1.807) is 18.7 Å². The Morgan fingerprint density at radius 2 is 1.35 bits per heavy atom. The Morgan fingerprint density at radius 1 is 0.622 bits per heavy atom. The largest absolute Gasteiger partial charge is 0.461 e. The van der Waals surface area contributed by atoms with Gasteiger partial charge in [-0.25, -0.2) is 19.7 Å². The van der Waals surface area contributed by atoms with E-state index in [9.17, 15) is 0 Å². The van der Waals surface area contributed by atoms with E-state index in [0.29, 0.717) is 5.65 Å². The van der Waals surface area contributed by atoms with Crippen LogP contribution in [-0.2, 0) is 5.41 Å². The average Bonchev–Trinajstić information content (AvgIpc) is 3.73. The highest BCUT2D eigenvalue weighted by Crippen LogP contribution is 2.63. The second-order valence-electron chi connectivity index (χ2n) is 9.56. The molecule has 0 saturated carbocycles. The molecular formula is C31H18N4O2. The third-order valence-corrected chi connectivity index (χ3v) is 7.89. The van der Waals surface area contributed by atoms with Crippen LogP contribution in [0.25, 0.3) is 33.5 Å². The molecule has 0 N–H and O–H groups in total. The molecule has 7 aromatic rings. The van der Waals surface area contributed by atoms with Crippen molar-refractivity contribution in [3.8, 4) is 11.5 Å². The van der Waals surface area contributed by atoms with Crippen LogP contribution < -0.4 is 5.01 Å². The van der Waals surface area contributed by atoms with E-state index in [4.69, 9.17) is 8.83 Å². The second kappa shape index (κ2) is 6.56. The lowest BCUT2D eigenvalue weighted by molar-refractivity contribution is 0.525. The van der Waals surface area contributed by atoms with Gasteiger partial charge in [-0.2, -0.15) is 0 Å². The van der Waals surface area contributed by atoms with Crippen LogP contribution in [0.2, 0.25) is 0 Å². The molecule has 4 aromatic heterocycles. The molecule has 0 atom stereocenters. The van der Waals surface area contributed by atoms with Gasteiger partial charge < -0.3 is 8.83 Å². The number of imidazole rings is 1. The number of hydrogen-bond acceptors (Lipinski definition) is 5. The van der Waals surface area contributed by atoms with E-state index in [-0.39, 0.29) is 0 Å². The highest BCUT2D eigenvalue weighted by molar-refractivity contribution is 5.96. The zero-order valence-electron chi connectivity index (χ0n) is 19.5. The summed E-state index contributed by atoms with van der Waals surface area (Å²) in [7, 11) is 0. The van der Waals surface area contributed by atoms with Crippen molar-refractivity contribution in [1.29, 1.82) is 0 Å². The molecule has 1 spiro atoms. The number of anilines is 2. The summed E-state index contributed by atoms with van der Waals surface area (Å²) in [6, 6.07) is 29.9. The summed E-state index contributed by atoms with van der Waals surface area (Å²) in [5.74, 6) is 1.58. The molecule has 1 aliphatic carbocycles. The van der Waals surface area contributed by atoms with Crippen molar-refractivity contribution in [3.63, 3.8) is 0 Å². The maximum absolute atomic E-state index is 6.03. The van der Waals surface area contributed by atoms with Crippen molar-refractivity contribution in [3.05, 3.63) is 132 Å². The highest BCUT2D eigenvalue weighted by Gasteiger charge is 2.55. The van der Waals surface area contributed by atoms with Gasteiger partial charge in [0, 0.05) is 17.3 Å². The van der Waals surface area contributed by atoms with E-state index in [0.717, 1.165) is 45.1 Å². The smallest absolute Gasteiger partial charge is 0.179 e. The zero-order chi connectivity index (χ0) is 24.1. The predicted molar refractivity (Wildman–Crippen MR) is 141 cm³/mol. The van der Waals surface area contributed by atoms with Crippen LogP contribution in [0.3, 0.4) is 0 Å². The SMILES string of the molecule is c1ccc2c(c1)N(n1cnc3ncccc31)c1cc3ccccc3cc1C21c2ccoc2-c2occc21. The van der Waals surface area contributed by atoms with Crippen molar-refractivity contribution in [1.82, 2.24) is 14.6 Å². The van der Waals surface area contributed by atoms with Crippen LogP contribution in [-0.4, -0.2) is 14.6 Å². The van der Waals surface area contributed by atoms with E-state index in [1.807, 2.05) is 12.4 Å². The van der Waals surface area contributed by atoms with Gasteiger partial charge in [0.2, 0.25) is 0 Å². The molecule has 9 rings (SSSR count). The Labute approximate surface area is 211 Å². The van der Waals surface area contributed by atoms with Crippen molar-refractivity contribution >= 4 is 33.3 Å². The van der Waals surface area contributed by atoms with Crippen LogP contribution in [0, 0.1) is 0 Å². The molecule has 0 radical (unpaired) electrons. The topological polar surface area (TPSA) is 60.2 Å². The van der Waals surface area contributed by atoms with Gasteiger partial charge in [0.15, 0.2) is 17.2 Å². The number of hydrogen-bond donors (Lipinski definition) is 0. The summed E-state index contributed by atoms with van der Waals surface area (Å²) in [4.78, 5) is 9.12. The van der Waals surface area contributed by atoms with Gasteiger partial charge in [0.25, 0.3) is 0 Å². The molecule has 3 aromatic carbocycles. The van der Waals surface area contributed by atoms with Crippen molar-refractivity contribution in [2.75, 3.05) is 5.01 Å². The molecule has 1 aliphatic heterocycles. The van der Waals surface area contributed by atoms with E-state index >= 15 is 0 Å². The lowest BCUT2D eigenvalue weighted by atomic mass is 9.65. The number of benzene rings is 3. The Hall–Kier alpha value is -5.10. The Morgan fingerprint density at radius 3 is 2.16 bits per heavy atom. The van der Waals surface area contributed by atoms with Crippen molar-refractivity contribution in [2.24, 2.45) is 0 Å².